The van der Waals surface area contributed by atoms with Crippen LogP contribution in [0.15, 0.2) is 46.9 Å². The molecule has 0 radical (unpaired) electrons. The number of carbonyl (C=O) groups is 1. The molecule has 4 rings (SSSR count). The standard InChI is InChI=1S/C23H25N3O6/c1-23(2,3)32-22(27)25-12-10-18(11-13-25)30-17-7-4-15(5-8-17)21-24-19-14-16(26(28)29)6-9-20(19)31-21/h4-9,14,18H,10-13H2,1-3H3. The normalized spacial score (nSPS) is 15.0. The number of aromatic nitrogens is 1. The van der Waals surface area contributed by atoms with Crippen molar-refractivity contribution < 1.29 is 23.6 Å². The highest BCUT2D eigenvalue weighted by atomic mass is 16.6. The molecule has 0 saturated carbocycles. The van der Waals surface area contributed by atoms with Crippen molar-refractivity contribution >= 4 is 22.9 Å². The fraction of sp³-hybridized carbons (Fsp3) is 0.391. The highest BCUT2D eigenvalue weighted by Crippen LogP contribution is 2.29. The number of hydrogen-bond donors (Lipinski definition) is 0. The zero-order chi connectivity index (χ0) is 22.9. The van der Waals surface area contributed by atoms with Gasteiger partial charge in [0.25, 0.3) is 5.69 Å². The summed E-state index contributed by atoms with van der Waals surface area (Å²) in [4.78, 5) is 28.7. The summed E-state index contributed by atoms with van der Waals surface area (Å²) in [6, 6.07) is 11.7. The molecule has 0 aliphatic carbocycles. The number of likely N-dealkylation sites (tertiary alicyclic amines) is 1. The van der Waals surface area contributed by atoms with Crippen molar-refractivity contribution in [3.8, 4) is 17.2 Å². The molecule has 2 heterocycles. The van der Waals surface area contributed by atoms with Gasteiger partial charge in [-0.15, -0.1) is 0 Å². The van der Waals surface area contributed by atoms with Crippen molar-refractivity contribution in [1.29, 1.82) is 0 Å². The zero-order valence-corrected chi connectivity index (χ0v) is 18.2. The monoisotopic (exact) mass is 439 g/mol. The average molecular weight is 439 g/mol. The lowest BCUT2D eigenvalue weighted by molar-refractivity contribution is -0.384. The first-order chi connectivity index (χ1) is 15.2. The van der Waals surface area contributed by atoms with Gasteiger partial charge in [-0.25, -0.2) is 9.78 Å². The van der Waals surface area contributed by atoms with Gasteiger partial charge in [0.1, 0.15) is 23.0 Å². The Morgan fingerprint density at radius 2 is 1.84 bits per heavy atom. The van der Waals surface area contributed by atoms with Crippen molar-refractivity contribution in [2.45, 2.75) is 45.3 Å². The van der Waals surface area contributed by atoms with Gasteiger partial charge in [0.2, 0.25) is 5.89 Å². The second kappa shape index (κ2) is 8.49. The first-order valence-corrected chi connectivity index (χ1v) is 10.5. The maximum Gasteiger partial charge on any atom is 0.410 e. The van der Waals surface area contributed by atoms with E-state index in [9.17, 15) is 14.9 Å². The van der Waals surface area contributed by atoms with E-state index in [-0.39, 0.29) is 17.9 Å². The molecule has 168 valence electrons. The molecule has 0 atom stereocenters. The van der Waals surface area contributed by atoms with E-state index in [1.807, 2.05) is 45.0 Å². The quantitative estimate of drug-likeness (QED) is 0.407. The Kier molecular flexibility index (Phi) is 5.73. The van der Waals surface area contributed by atoms with Gasteiger partial charge in [0.05, 0.1) is 4.92 Å². The third-order valence-electron chi connectivity index (χ3n) is 5.08. The van der Waals surface area contributed by atoms with Crippen LogP contribution in [0.4, 0.5) is 10.5 Å². The number of oxazole rings is 1. The summed E-state index contributed by atoms with van der Waals surface area (Å²) in [5.74, 6) is 1.11. The van der Waals surface area contributed by atoms with Crippen molar-refractivity contribution in [2.75, 3.05) is 13.1 Å². The second-order valence-corrected chi connectivity index (χ2v) is 8.74. The second-order valence-electron chi connectivity index (χ2n) is 8.74. The van der Waals surface area contributed by atoms with E-state index in [1.54, 1.807) is 11.0 Å². The van der Waals surface area contributed by atoms with Gasteiger partial charge in [-0.1, -0.05) is 0 Å². The minimum atomic E-state index is -0.504. The van der Waals surface area contributed by atoms with Crippen LogP contribution in [0.2, 0.25) is 0 Å². The van der Waals surface area contributed by atoms with Crippen LogP contribution in [0, 0.1) is 10.1 Å². The third-order valence-corrected chi connectivity index (χ3v) is 5.08. The zero-order valence-electron chi connectivity index (χ0n) is 18.2. The maximum absolute atomic E-state index is 12.2. The van der Waals surface area contributed by atoms with E-state index in [4.69, 9.17) is 13.9 Å². The van der Waals surface area contributed by atoms with Gasteiger partial charge in [-0.3, -0.25) is 10.1 Å². The molecule has 0 unspecified atom stereocenters. The molecule has 9 heteroatoms. The number of rotatable bonds is 4. The van der Waals surface area contributed by atoms with E-state index in [1.165, 1.54) is 12.1 Å². The van der Waals surface area contributed by atoms with Gasteiger partial charge >= 0.3 is 6.09 Å². The van der Waals surface area contributed by atoms with Crippen LogP contribution in [0.1, 0.15) is 33.6 Å². The van der Waals surface area contributed by atoms with Crippen LogP contribution < -0.4 is 4.74 Å². The highest BCUT2D eigenvalue weighted by molar-refractivity contribution is 5.78. The number of amides is 1. The number of carbonyl (C=O) groups excluding carboxylic acids is 1. The summed E-state index contributed by atoms with van der Waals surface area (Å²) in [7, 11) is 0. The smallest absolute Gasteiger partial charge is 0.410 e. The first-order valence-electron chi connectivity index (χ1n) is 10.5. The van der Waals surface area contributed by atoms with Crippen LogP contribution >= 0.6 is 0 Å². The lowest BCUT2D eigenvalue weighted by Gasteiger charge is -2.33. The molecule has 9 nitrogen and oxygen atoms in total. The minimum Gasteiger partial charge on any atom is -0.490 e. The van der Waals surface area contributed by atoms with E-state index in [0.29, 0.717) is 30.1 Å². The Hall–Kier alpha value is -3.62. The molecule has 1 saturated heterocycles. The fourth-order valence-corrected chi connectivity index (χ4v) is 3.50. The Morgan fingerprint density at radius 1 is 1.16 bits per heavy atom. The molecule has 1 aromatic heterocycles. The molecule has 0 bridgehead atoms. The number of piperidine rings is 1. The number of benzene rings is 2. The topological polar surface area (TPSA) is 108 Å². The first kappa shape index (κ1) is 21.6. The Bertz CT molecular complexity index is 1120. The van der Waals surface area contributed by atoms with Gasteiger partial charge in [-0.2, -0.15) is 0 Å². The Labute approximate surface area is 185 Å². The summed E-state index contributed by atoms with van der Waals surface area (Å²) in [5, 5.41) is 10.9. The van der Waals surface area contributed by atoms with Crippen LogP contribution in [0.3, 0.4) is 0 Å². The summed E-state index contributed by atoms with van der Waals surface area (Å²) >= 11 is 0. The molecule has 1 aliphatic heterocycles. The van der Waals surface area contributed by atoms with Crippen molar-refractivity contribution in [1.82, 2.24) is 9.88 Å². The van der Waals surface area contributed by atoms with E-state index < -0.39 is 10.5 Å². The fourth-order valence-electron chi connectivity index (χ4n) is 3.50. The lowest BCUT2D eigenvalue weighted by atomic mass is 10.1. The number of fused-ring (bicyclic) bond motifs is 1. The molecule has 2 aromatic carbocycles. The molecule has 1 aliphatic rings. The van der Waals surface area contributed by atoms with Crippen LogP contribution in [-0.2, 0) is 4.74 Å². The van der Waals surface area contributed by atoms with Crippen LogP contribution in [0.25, 0.3) is 22.6 Å². The Balaban J connectivity index is 1.36. The number of ether oxygens (including phenoxy) is 2. The molecule has 1 fully saturated rings. The predicted molar refractivity (Wildman–Crippen MR) is 118 cm³/mol. The third kappa shape index (κ3) is 4.99. The van der Waals surface area contributed by atoms with Gasteiger partial charge in [-0.05, 0) is 51.1 Å². The van der Waals surface area contributed by atoms with Crippen LogP contribution in [-0.4, -0.2) is 45.7 Å². The highest BCUT2D eigenvalue weighted by Gasteiger charge is 2.27. The number of non-ortho nitro benzene ring substituents is 1. The number of nitrogens with zero attached hydrogens (tertiary/aromatic N) is 3. The van der Waals surface area contributed by atoms with Crippen molar-refractivity contribution in [3.63, 3.8) is 0 Å². The van der Waals surface area contributed by atoms with Gasteiger partial charge < -0.3 is 18.8 Å². The average Bonchev–Trinajstić information content (AvgIpc) is 3.17. The van der Waals surface area contributed by atoms with E-state index in [2.05, 4.69) is 4.98 Å². The van der Waals surface area contributed by atoms with E-state index >= 15 is 0 Å². The number of hydrogen-bond acceptors (Lipinski definition) is 7. The summed E-state index contributed by atoms with van der Waals surface area (Å²) in [6.07, 6.45) is 1.18. The maximum atomic E-state index is 12.2. The van der Waals surface area contributed by atoms with Gasteiger partial charge in [0.15, 0.2) is 5.58 Å². The largest absolute Gasteiger partial charge is 0.490 e. The minimum absolute atomic E-state index is 0.0180. The summed E-state index contributed by atoms with van der Waals surface area (Å²) in [5.41, 5.74) is 1.14. The lowest BCUT2D eigenvalue weighted by Crippen LogP contribution is -2.44. The van der Waals surface area contributed by atoms with E-state index in [0.717, 1.165) is 24.2 Å². The molecule has 0 spiro atoms. The van der Waals surface area contributed by atoms with Crippen molar-refractivity contribution in [2.24, 2.45) is 0 Å². The van der Waals surface area contributed by atoms with Gasteiger partial charge in [0, 0.05) is 43.6 Å². The van der Waals surface area contributed by atoms with Crippen LogP contribution in [0.5, 0.6) is 5.75 Å². The molecule has 3 aromatic rings. The van der Waals surface area contributed by atoms with Crippen molar-refractivity contribution in [3.05, 3.63) is 52.6 Å². The molecule has 0 N–H and O–H groups in total. The molecular formula is C23H25N3O6. The SMILES string of the molecule is CC(C)(C)OC(=O)N1CCC(Oc2ccc(-c3nc4cc([N+](=O)[O-])ccc4o3)cc2)CC1. The molecular weight excluding hydrogens is 414 g/mol. The molecule has 32 heavy (non-hydrogen) atoms. The summed E-state index contributed by atoms with van der Waals surface area (Å²) in [6.45, 7) is 6.75. The number of nitro benzene ring substituents is 1. The molecule has 1 amide bonds. The number of nitro groups is 1. The summed E-state index contributed by atoms with van der Waals surface area (Å²) < 4.78 is 17.2. The predicted octanol–water partition coefficient (Wildman–Crippen LogP) is 5.18. The Morgan fingerprint density at radius 3 is 2.47 bits per heavy atom.